The van der Waals surface area contributed by atoms with E-state index in [1.54, 1.807) is 25.1 Å². The minimum absolute atomic E-state index is 0.0160. The zero-order valence-corrected chi connectivity index (χ0v) is 26.9. The molecule has 7 nitrogen and oxygen atoms in total. The van der Waals surface area contributed by atoms with Crippen LogP contribution in [0.1, 0.15) is 71.6 Å². The highest BCUT2D eigenvalue weighted by molar-refractivity contribution is 7.89. The lowest BCUT2D eigenvalue weighted by atomic mass is 9.78. The van der Waals surface area contributed by atoms with E-state index in [1.807, 2.05) is 13.0 Å². The molecule has 9 heteroatoms. The smallest absolute Gasteiger partial charge is 0.305 e. The van der Waals surface area contributed by atoms with Crippen molar-refractivity contribution in [2.24, 2.45) is 23.2 Å². The summed E-state index contributed by atoms with van der Waals surface area (Å²) in [5, 5.41) is 22.2. The molecule has 0 amide bonds. The van der Waals surface area contributed by atoms with Gasteiger partial charge in [-0.3, -0.25) is 4.79 Å². The Morgan fingerprint density at radius 1 is 1.26 bits per heavy atom. The van der Waals surface area contributed by atoms with Crippen molar-refractivity contribution in [2.75, 3.05) is 13.7 Å². The molecule has 0 heterocycles. The molecule has 0 bridgehead atoms. The van der Waals surface area contributed by atoms with E-state index >= 15 is 0 Å². The number of esters is 1. The fourth-order valence-corrected chi connectivity index (χ4v) is 7.19. The van der Waals surface area contributed by atoms with E-state index in [4.69, 9.17) is 16.3 Å². The van der Waals surface area contributed by atoms with Gasteiger partial charge >= 0.3 is 5.97 Å². The molecule has 1 aromatic rings. The van der Waals surface area contributed by atoms with Crippen LogP contribution in [0, 0.1) is 46.9 Å². The second-order valence-electron chi connectivity index (χ2n) is 11.6. The third-order valence-corrected chi connectivity index (χ3v) is 10.1. The first kappa shape index (κ1) is 34.9. The van der Waals surface area contributed by atoms with Crippen molar-refractivity contribution in [3.8, 4) is 23.7 Å². The number of rotatable bonds is 13. The monoisotopic (exact) mass is 629 g/mol. The van der Waals surface area contributed by atoms with Gasteiger partial charge in [0.1, 0.15) is 0 Å². The predicted molar refractivity (Wildman–Crippen MR) is 169 cm³/mol. The molecule has 2 aliphatic carbocycles. The molecule has 2 saturated carbocycles. The molecule has 3 N–H and O–H groups in total. The summed E-state index contributed by atoms with van der Waals surface area (Å²) in [6.07, 6.45) is 10.3. The zero-order chi connectivity index (χ0) is 31.5. The molecule has 234 valence electrons. The summed E-state index contributed by atoms with van der Waals surface area (Å²) < 4.78 is 32.4. The van der Waals surface area contributed by atoms with Crippen LogP contribution in [0.15, 0.2) is 53.0 Å². The quantitative estimate of drug-likeness (QED) is 0.116. The van der Waals surface area contributed by atoms with E-state index in [-0.39, 0.29) is 35.2 Å². The van der Waals surface area contributed by atoms with E-state index in [0.29, 0.717) is 43.5 Å². The van der Waals surface area contributed by atoms with Crippen LogP contribution >= 0.6 is 11.6 Å². The lowest BCUT2D eigenvalue weighted by Gasteiger charge is -2.24. The van der Waals surface area contributed by atoms with Crippen LogP contribution in [0.2, 0.25) is 5.02 Å². The molecule has 43 heavy (non-hydrogen) atoms. The molecular formula is C34H44ClNO6S. The molecule has 6 atom stereocenters. The van der Waals surface area contributed by atoms with Crippen molar-refractivity contribution in [3.63, 3.8) is 0 Å². The van der Waals surface area contributed by atoms with Crippen molar-refractivity contribution in [3.05, 3.63) is 53.1 Å². The van der Waals surface area contributed by atoms with Crippen LogP contribution in [-0.2, 0) is 19.6 Å². The number of allylic oxidation sites excluding steroid dienone is 2. The van der Waals surface area contributed by atoms with Crippen LogP contribution in [-0.4, -0.2) is 50.5 Å². The average Bonchev–Trinajstić information content (AvgIpc) is 3.45. The Bertz CT molecular complexity index is 1380. The van der Waals surface area contributed by atoms with Crippen molar-refractivity contribution in [1.29, 1.82) is 0 Å². The first-order valence-corrected chi connectivity index (χ1v) is 16.8. The summed E-state index contributed by atoms with van der Waals surface area (Å²) in [7, 11) is -2.23. The number of nitrogens with one attached hydrogen (secondary N) is 1. The maximum atomic E-state index is 12.5. The number of unbranched alkanes of at least 4 members (excludes halogenated alkanes) is 2. The summed E-state index contributed by atoms with van der Waals surface area (Å²) in [5.74, 6) is 12.4. The van der Waals surface area contributed by atoms with Crippen molar-refractivity contribution in [2.45, 2.75) is 88.7 Å². The summed E-state index contributed by atoms with van der Waals surface area (Å²) in [5.41, 5.74) is 0.882. The normalized spacial score (nSPS) is 25.4. The van der Waals surface area contributed by atoms with Gasteiger partial charge in [-0.2, -0.15) is 0 Å². The van der Waals surface area contributed by atoms with Gasteiger partial charge in [-0.25, -0.2) is 13.1 Å². The average molecular weight is 630 g/mol. The fraction of sp³-hybridized carbons (Fsp3) is 0.559. The number of fused-ring (bicyclic) bond motifs is 1. The fourth-order valence-electron chi connectivity index (χ4n) is 5.99. The number of ether oxygens (including phenoxy) is 1. The van der Waals surface area contributed by atoms with Crippen molar-refractivity contribution in [1.82, 2.24) is 4.72 Å². The van der Waals surface area contributed by atoms with Crippen LogP contribution in [0.25, 0.3) is 0 Å². The number of aliphatic hydroxyl groups excluding tert-OH is 2. The third-order valence-electron chi connectivity index (χ3n) is 8.41. The summed E-state index contributed by atoms with van der Waals surface area (Å²) in [6, 6.07) is 6.03. The molecule has 1 aromatic carbocycles. The Balaban J connectivity index is 1.68. The Morgan fingerprint density at radius 2 is 2.00 bits per heavy atom. The molecular weight excluding hydrogens is 586 g/mol. The Kier molecular flexibility index (Phi) is 13.4. The molecule has 2 fully saturated rings. The van der Waals surface area contributed by atoms with E-state index in [1.165, 1.54) is 24.8 Å². The van der Waals surface area contributed by atoms with E-state index in [2.05, 4.69) is 34.5 Å². The van der Waals surface area contributed by atoms with Gasteiger partial charge in [0.2, 0.25) is 10.0 Å². The largest absolute Gasteiger partial charge is 0.469 e. The molecule has 2 aliphatic rings. The SMILES string of the molecule is CC#CC[C@H](C)[C@H](O)/C=C/[C@H]1[C@H](O)C[C@]2(C#CCCCNS(=O)(=O)c3ccc(Cl)cc3)C/C(=C/CCCC(=O)OC)C[C@H]12. The van der Waals surface area contributed by atoms with Gasteiger partial charge in [0, 0.05) is 42.2 Å². The van der Waals surface area contributed by atoms with Gasteiger partial charge in [-0.15, -0.1) is 17.8 Å². The van der Waals surface area contributed by atoms with Crippen LogP contribution in [0.3, 0.4) is 0 Å². The summed E-state index contributed by atoms with van der Waals surface area (Å²) in [4.78, 5) is 11.7. The first-order valence-electron chi connectivity index (χ1n) is 15.0. The van der Waals surface area contributed by atoms with E-state index in [0.717, 1.165) is 19.3 Å². The maximum Gasteiger partial charge on any atom is 0.305 e. The maximum absolute atomic E-state index is 12.5. The minimum Gasteiger partial charge on any atom is -0.469 e. The molecule has 0 unspecified atom stereocenters. The van der Waals surface area contributed by atoms with E-state index in [9.17, 15) is 23.4 Å². The highest BCUT2D eigenvalue weighted by Gasteiger charge is 2.55. The number of hydrogen-bond donors (Lipinski definition) is 3. The standard InChI is InChI=1S/C34H44ClNO6S/c1-4-5-11-25(2)31(37)19-18-29-30-22-26(12-7-8-13-33(39)42-3)23-34(30,24-32(29)38)20-9-6-10-21-36-43(40,41)28-16-14-27(35)15-17-28/h12,14-19,25,29-32,36-38H,6-8,10-11,13,21-24H2,1-3H3/b19-18+,26-12+/t25-,29+,30+,31+,32+,34-/m0/s1. The molecule has 0 radical (unpaired) electrons. The number of carbonyl (C=O) groups excluding carboxylic acids is 1. The Morgan fingerprint density at radius 3 is 2.70 bits per heavy atom. The number of benzene rings is 1. The minimum atomic E-state index is -3.62. The summed E-state index contributed by atoms with van der Waals surface area (Å²) in [6.45, 7) is 4.00. The van der Waals surface area contributed by atoms with Gasteiger partial charge in [0.05, 0.1) is 24.2 Å². The van der Waals surface area contributed by atoms with Crippen LogP contribution < -0.4 is 4.72 Å². The van der Waals surface area contributed by atoms with Crippen molar-refractivity contribution < 1.29 is 28.2 Å². The first-order chi connectivity index (χ1) is 20.5. The number of hydrogen-bond acceptors (Lipinski definition) is 6. The lowest BCUT2D eigenvalue weighted by molar-refractivity contribution is -0.140. The molecule has 3 rings (SSSR count). The lowest BCUT2D eigenvalue weighted by Crippen LogP contribution is -2.24. The van der Waals surface area contributed by atoms with Gasteiger partial charge < -0.3 is 14.9 Å². The second-order valence-corrected chi connectivity index (χ2v) is 13.8. The highest BCUT2D eigenvalue weighted by atomic mass is 35.5. The molecule has 0 aromatic heterocycles. The number of aliphatic hydroxyl groups is 2. The van der Waals surface area contributed by atoms with Gasteiger partial charge in [0.25, 0.3) is 0 Å². The number of methoxy groups -OCH3 is 1. The van der Waals surface area contributed by atoms with Crippen LogP contribution in [0.4, 0.5) is 0 Å². The zero-order valence-electron chi connectivity index (χ0n) is 25.3. The molecule has 0 saturated heterocycles. The predicted octanol–water partition coefficient (Wildman–Crippen LogP) is 5.42. The van der Waals surface area contributed by atoms with Gasteiger partial charge in [0.15, 0.2) is 0 Å². The summed E-state index contributed by atoms with van der Waals surface area (Å²) >= 11 is 5.87. The number of sulfonamides is 1. The van der Waals surface area contributed by atoms with Crippen molar-refractivity contribution >= 4 is 27.6 Å². The second kappa shape index (κ2) is 16.5. The highest BCUT2D eigenvalue weighted by Crippen LogP contribution is 2.59. The Hall–Kier alpha value is -2.59. The van der Waals surface area contributed by atoms with E-state index < -0.39 is 27.6 Å². The van der Waals surface area contributed by atoms with Gasteiger partial charge in [-0.1, -0.05) is 48.2 Å². The van der Waals surface area contributed by atoms with Crippen LogP contribution in [0.5, 0.6) is 0 Å². The third kappa shape index (κ3) is 9.96. The number of halogens is 1. The van der Waals surface area contributed by atoms with Gasteiger partial charge in [-0.05, 0) is 81.5 Å². The molecule has 0 spiro atoms. The number of carbonyl (C=O) groups is 1. The topological polar surface area (TPSA) is 113 Å². The Labute approximate surface area is 262 Å². The molecule has 0 aliphatic heterocycles.